The van der Waals surface area contributed by atoms with Crippen LogP contribution in [0.3, 0.4) is 0 Å². The van der Waals surface area contributed by atoms with Gasteiger partial charge in [0.15, 0.2) is 11.5 Å². The number of ketones is 1. The van der Waals surface area contributed by atoms with E-state index in [0.717, 1.165) is 18.5 Å². The maximum atomic E-state index is 12.9. The van der Waals surface area contributed by atoms with Gasteiger partial charge in [0.05, 0.1) is 30.1 Å². The van der Waals surface area contributed by atoms with Gasteiger partial charge in [0.25, 0.3) is 0 Å². The predicted octanol–water partition coefficient (Wildman–Crippen LogP) is 3.49. The SMILES string of the molecule is O=C(c1cnc(N2CCc3[nH]cnc3[C@H]2c2cc3c(OC(F)(F)F)cccn3n2)cn1)C1CC1. The molecule has 0 spiro atoms. The number of imidazole rings is 1. The Balaban J connectivity index is 1.40. The maximum Gasteiger partial charge on any atom is 0.573 e. The molecule has 0 unspecified atom stereocenters. The maximum absolute atomic E-state index is 12.9. The minimum absolute atomic E-state index is 0.00127. The molecule has 0 bridgehead atoms. The molecule has 1 atom stereocenters. The number of H-pyrrole nitrogens is 1. The van der Waals surface area contributed by atoms with Crippen LogP contribution in [0.15, 0.2) is 43.1 Å². The number of rotatable bonds is 5. The van der Waals surface area contributed by atoms with E-state index in [1.165, 1.54) is 22.8 Å². The molecule has 0 saturated heterocycles. The Bertz CT molecular complexity index is 1380. The van der Waals surface area contributed by atoms with Crippen molar-refractivity contribution in [3.8, 4) is 5.75 Å². The summed E-state index contributed by atoms with van der Waals surface area (Å²) in [5.41, 5.74) is 2.61. The van der Waals surface area contributed by atoms with Crippen LogP contribution in [0.1, 0.15) is 46.5 Å². The summed E-state index contributed by atoms with van der Waals surface area (Å²) in [5.74, 6) is 0.220. The zero-order valence-electron chi connectivity index (χ0n) is 17.7. The number of carbonyl (C=O) groups is 1. The summed E-state index contributed by atoms with van der Waals surface area (Å²) >= 11 is 0. The Morgan fingerprint density at radius 3 is 2.76 bits per heavy atom. The number of alkyl halides is 3. The van der Waals surface area contributed by atoms with Crippen molar-refractivity contribution in [1.82, 2.24) is 29.5 Å². The zero-order valence-corrected chi connectivity index (χ0v) is 17.7. The number of halogens is 3. The van der Waals surface area contributed by atoms with Crippen molar-refractivity contribution in [3.63, 3.8) is 0 Å². The highest BCUT2D eigenvalue weighted by Crippen LogP contribution is 2.38. The standard InChI is InChI=1S/C22H18F3N7O2/c23-22(24,25)34-17-2-1-6-32-16(17)8-14(30-32)20-19-13(28-11-29-19)5-7-31(20)18-10-26-15(9-27-18)21(33)12-3-4-12/h1-2,6,8-12,20H,3-5,7H2,(H,28,29)/t20-/m1/s1. The average Bonchev–Trinajstić information content (AvgIpc) is 3.38. The second-order valence-corrected chi connectivity index (χ2v) is 8.33. The Morgan fingerprint density at radius 1 is 1.18 bits per heavy atom. The number of nitrogens with zero attached hydrogens (tertiary/aromatic N) is 6. The fourth-order valence-corrected chi connectivity index (χ4v) is 4.33. The van der Waals surface area contributed by atoms with Gasteiger partial charge >= 0.3 is 6.36 Å². The molecule has 4 aromatic heterocycles. The highest BCUT2D eigenvalue weighted by atomic mass is 19.4. The van der Waals surface area contributed by atoms with Crippen molar-refractivity contribution in [3.05, 3.63) is 65.9 Å². The van der Waals surface area contributed by atoms with E-state index in [0.29, 0.717) is 35.9 Å². The number of aromatic amines is 1. The van der Waals surface area contributed by atoms with Gasteiger partial charge in [0, 0.05) is 30.8 Å². The predicted molar refractivity (Wildman–Crippen MR) is 112 cm³/mol. The lowest BCUT2D eigenvalue weighted by molar-refractivity contribution is -0.274. The number of anilines is 1. The summed E-state index contributed by atoms with van der Waals surface area (Å²) in [7, 11) is 0. The third kappa shape index (κ3) is 3.64. The first-order chi connectivity index (χ1) is 16.4. The van der Waals surface area contributed by atoms with E-state index >= 15 is 0 Å². The van der Waals surface area contributed by atoms with Gasteiger partial charge in [-0.2, -0.15) is 5.10 Å². The first-order valence-corrected chi connectivity index (χ1v) is 10.8. The fraction of sp³-hybridized carbons (Fsp3) is 0.318. The molecule has 4 aromatic rings. The number of hydrogen-bond acceptors (Lipinski definition) is 7. The van der Waals surface area contributed by atoms with E-state index in [1.54, 1.807) is 24.8 Å². The van der Waals surface area contributed by atoms with Gasteiger partial charge in [-0.3, -0.25) is 4.79 Å². The molecule has 1 aliphatic carbocycles. The number of carbonyl (C=O) groups excluding carboxylic acids is 1. The van der Waals surface area contributed by atoms with E-state index in [9.17, 15) is 18.0 Å². The van der Waals surface area contributed by atoms with Crippen LogP contribution in [-0.2, 0) is 6.42 Å². The molecular weight excluding hydrogens is 451 g/mol. The number of Topliss-reactive ketones (excluding diaryl/α,β-unsaturated/α-hetero) is 1. The second kappa shape index (κ2) is 7.54. The monoisotopic (exact) mass is 469 g/mol. The van der Waals surface area contributed by atoms with Crippen molar-refractivity contribution in [2.45, 2.75) is 31.7 Å². The first kappa shape index (κ1) is 20.6. The molecule has 9 nitrogen and oxygen atoms in total. The molecular formula is C22H18F3N7O2. The van der Waals surface area contributed by atoms with Crippen molar-refractivity contribution in [1.29, 1.82) is 0 Å². The van der Waals surface area contributed by atoms with E-state index < -0.39 is 12.4 Å². The molecule has 1 fully saturated rings. The lowest BCUT2D eigenvalue weighted by Gasteiger charge is -2.34. The molecule has 0 amide bonds. The Kier molecular flexibility index (Phi) is 4.57. The molecule has 34 heavy (non-hydrogen) atoms. The molecule has 0 aromatic carbocycles. The summed E-state index contributed by atoms with van der Waals surface area (Å²) < 4.78 is 44.2. The molecule has 174 valence electrons. The number of fused-ring (bicyclic) bond motifs is 2. The topological polar surface area (TPSA) is 101 Å². The van der Waals surface area contributed by atoms with Crippen LogP contribution >= 0.6 is 0 Å². The Hall–Kier alpha value is -3.96. The number of ether oxygens (including phenoxy) is 1. The lowest BCUT2D eigenvalue weighted by atomic mass is 10.00. The van der Waals surface area contributed by atoms with Crippen LogP contribution in [0.2, 0.25) is 0 Å². The summed E-state index contributed by atoms with van der Waals surface area (Å²) in [6, 6.07) is 3.72. The molecule has 6 rings (SSSR count). The van der Waals surface area contributed by atoms with Gasteiger partial charge < -0.3 is 14.6 Å². The first-order valence-electron chi connectivity index (χ1n) is 10.8. The molecule has 1 saturated carbocycles. The van der Waals surface area contributed by atoms with E-state index in [-0.39, 0.29) is 23.0 Å². The largest absolute Gasteiger partial charge is 0.573 e. The minimum Gasteiger partial charge on any atom is -0.403 e. The van der Waals surface area contributed by atoms with Gasteiger partial charge in [-0.1, -0.05) is 0 Å². The normalized spacial score (nSPS) is 18.2. The van der Waals surface area contributed by atoms with Crippen LogP contribution < -0.4 is 9.64 Å². The van der Waals surface area contributed by atoms with Gasteiger partial charge in [-0.15, -0.1) is 13.2 Å². The average molecular weight is 469 g/mol. The van der Waals surface area contributed by atoms with Crippen LogP contribution in [0.4, 0.5) is 19.0 Å². The third-order valence-corrected chi connectivity index (χ3v) is 6.05. The van der Waals surface area contributed by atoms with Crippen molar-refractivity contribution in [2.75, 3.05) is 11.4 Å². The highest BCUT2D eigenvalue weighted by molar-refractivity contribution is 5.97. The second-order valence-electron chi connectivity index (χ2n) is 8.33. The van der Waals surface area contributed by atoms with Crippen molar-refractivity contribution >= 4 is 17.1 Å². The summed E-state index contributed by atoms with van der Waals surface area (Å²) in [5, 5.41) is 4.53. The zero-order chi connectivity index (χ0) is 23.4. The molecule has 1 aliphatic heterocycles. The van der Waals surface area contributed by atoms with Crippen LogP contribution in [0, 0.1) is 5.92 Å². The summed E-state index contributed by atoms with van der Waals surface area (Å²) in [6.45, 7) is 0.546. The van der Waals surface area contributed by atoms with E-state index in [1.807, 2.05) is 4.90 Å². The number of pyridine rings is 1. The molecule has 5 heterocycles. The van der Waals surface area contributed by atoms with E-state index in [4.69, 9.17) is 0 Å². The van der Waals surface area contributed by atoms with Crippen molar-refractivity contribution in [2.24, 2.45) is 5.92 Å². The van der Waals surface area contributed by atoms with Crippen LogP contribution in [-0.4, -0.2) is 48.2 Å². The summed E-state index contributed by atoms with van der Waals surface area (Å²) in [6.07, 6.45) is 3.76. The quantitative estimate of drug-likeness (QED) is 0.447. The summed E-state index contributed by atoms with van der Waals surface area (Å²) in [4.78, 5) is 30.6. The Morgan fingerprint density at radius 2 is 2.03 bits per heavy atom. The van der Waals surface area contributed by atoms with E-state index in [2.05, 4.69) is 29.8 Å². The van der Waals surface area contributed by atoms with Gasteiger partial charge in [-0.25, -0.2) is 19.5 Å². The lowest BCUT2D eigenvalue weighted by Crippen LogP contribution is -2.37. The van der Waals surface area contributed by atoms with Gasteiger partial charge in [-0.05, 0) is 31.0 Å². The molecule has 2 aliphatic rings. The van der Waals surface area contributed by atoms with Gasteiger partial charge in [0.1, 0.15) is 23.1 Å². The molecule has 1 N–H and O–H groups in total. The molecule has 0 radical (unpaired) electrons. The third-order valence-electron chi connectivity index (χ3n) is 6.05. The highest BCUT2D eigenvalue weighted by Gasteiger charge is 2.36. The van der Waals surface area contributed by atoms with Gasteiger partial charge in [0.2, 0.25) is 0 Å². The number of nitrogens with one attached hydrogen (secondary N) is 1. The fourth-order valence-electron chi connectivity index (χ4n) is 4.33. The number of hydrogen-bond donors (Lipinski definition) is 1. The minimum atomic E-state index is -4.83. The van der Waals surface area contributed by atoms with Crippen molar-refractivity contribution < 1.29 is 22.7 Å². The smallest absolute Gasteiger partial charge is 0.403 e. The Labute approximate surface area is 190 Å². The number of aromatic nitrogens is 6. The van der Waals surface area contributed by atoms with Crippen LogP contribution in [0.25, 0.3) is 5.52 Å². The molecule has 12 heteroatoms. The van der Waals surface area contributed by atoms with Crippen LogP contribution in [0.5, 0.6) is 5.75 Å².